The first-order valence-electron chi connectivity index (χ1n) is 3.65. The van der Waals surface area contributed by atoms with Crippen LogP contribution in [-0.2, 0) is 0 Å². The summed E-state index contributed by atoms with van der Waals surface area (Å²) in [5, 5.41) is 0. The van der Waals surface area contributed by atoms with Crippen molar-refractivity contribution in [3.63, 3.8) is 0 Å². The van der Waals surface area contributed by atoms with Crippen LogP contribution in [-0.4, -0.2) is 42.8 Å². The molecule has 0 bridgehead atoms. The highest BCUT2D eigenvalue weighted by Gasteiger charge is 1.98. The minimum absolute atomic E-state index is 0.795. The number of hydrogen-bond acceptors (Lipinski definition) is 3. The van der Waals surface area contributed by atoms with Gasteiger partial charge in [0.15, 0.2) is 0 Å². The van der Waals surface area contributed by atoms with Crippen LogP contribution in [0.5, 0.6) is 0 Å². The van der Waals surface area contributed by atoms with Crippen LogP contribution in [0.25, 0.3) is 0 Å². The van der Waals surface area contributed by atoms with Crippen molar-refractivity contribution < 1.29 is 0 Å². The number of thiol groups is 1. The molecule has 0 atom stereocenters. The molecular weight excluding hydrogens is 174 g/mol. The molecule has 0 aromatic rings. The predicted octanol–water partition coefficient (Wildman–Crippen LogP) is 1.77. The summed E-state index contributed by atoms with van der Waals surface area (Å²) in [6, 6.07) is 0. The average molecular weight is 191 g/mol. The van der Waals surface area contributed by atoms with E-state index >= 15 is 0 Å². The Balaban J connectivity index is 3.35. The van der Waals surface area contributed by atoms with Crippen LogP contribution in [0.1, 0.15) is 0 Å². The molecule has 1 nitrogen and oxygen atoms in total. The summed E-state index contributed by atoms with van der Waals surface area (Å²) in [6.07, 6.45) is 2.13. The van der Waals surface area contributed by atoms with Crippen LogP contribution >= 0.6 is 24.4 Å². The van der Waals surface area contributed by atoms with Gasteiger partial charge < -0.3 is 4.90 Å². The Bertz CT molecular complexity index is 115. The van der Waals surface area contributed by atoms with Crippen LogP contribution in [0.4, 0.5) is 0 Å². The summed E-state index contributed by atoms with van der Waals surface area (Å²) in [5.41, 5.74) is 1.19. The van der Waals surface area contributed by atoms with Crippen molar-refractivity contribution in [2.24, 2.45) is 0 Å². The first kappa shape index (κ1) is 11.4. The number of nitrogens with zero attached hydrogens (tertiary/aromatic N) is 1. The maximum absolute atomic E-state index is 4.15. The van der Waals surface area contributed by atoms with Crippen LogP contribution in [0.3, 0.4) is 0 Å². The minimum atomic E-state index is 0.795. The van der Waals surface area contributed by atoms with E-state index in [-0.39, 0.29) is 0 Å². The predicted molar refractivity (Wildman–Crippen MR) is 58.9 cm³/mol. The Morgan fingerprint density at radius 1 is 1.64 bits per heavy atom. The van der Waals surface area contributed by atoms with E-state index in [2.05, 4.69) is 37.4 Å². The lowest BCUT2D eigenvalue weighted by Gasteiger charge is -2.16. The monoisotopic (exact) mass is 191 g/mol. The van der Waals surface area contributed by atoms with Crippen molar-refractivity contribution in [2.75, 3.05) is 37.9 Å². The van der Waals surface area contributed by atoms with Gasteiger partial charge in [0.05, 0.1) is 0 Å². The Hall–Kier alpha value is 0.400. The standard InChI is InChI=1S/C8H17NS2/c1-8(7-10)6-9(2)4-5-11-3/h10H,1,4-7H2,2-3H3. The number of hydrogen-bond donors (Lipinski definition) is 1. The molecule has 0 aromatic carbocycles. The van der Waals surface area contributed by atoms with Gasteiger partial charge in [0.2, 0.25) is 0 Å². The van der Waals surface area contributed by atoms with Crippen molar-refractivity contribution in [1.82, 2.24) is 4.90 Å². The molecule has 11 heavy (non-hydrogen) atoms. The second kappa shape index (κ2) is 7.07. The SMILES string of the molecule is C=C(CS)CN(C)CCSC. The van der Waals surface area contributed by atoms with Gasteiger partial charge in [0.25, 0.3) is 0 Å². The second-order valence-electron chi connectivity index (χ2n) is 2.64. The van der Waals surface area contributed by atoms with Crippen LogP contribution in [0, 0.1) is 0 Å². The van der Waals surface area contributed by atoms with Gasteiger partial charge in [-0.25, -0.2) is 0 Å². The van der Waals surface area contributed by atoms with Gasteiger partial charge in [-0.2, -0.15) is 24.4 Å². The van der Waals surface area contributed by atoms with Crippen LogP contribution in [0.15, 0.2) is 12.2 Å². The normalized spacial score (nSPS) is 10.5. The summed E-state index contributed by atoms with van der Waals surface area (Å²) < 4.78 is 0. The highest BCUT2D eigenvalue weighted by Crippen LogP contribution is 1.98. The smallest absolute Gasteiger partial charge is 0.0195 e. The third-order valence-corrected chi connectivity index (χ3v) is 2.43. The maximum Gasteiger partial charge on any atom is 0.0195 e. The molecule has 66 valence electrons. The summed E-state index contributed by atoms with van der Waals surface area (Å²) >= 11 is 6.02. The van der Waals surface area contributed by atoms with Gasteiger partial charge >= 0.3 is 0 Å². The molecule has 0 saturated heterocycles. The van der Waals surface area contributed by atoms with E-state index < -0.39 is 0 Å². The largest absolute Gasteiger partial charge is 0.302 e. The van der Waals surface area contributed by atoms with Gasteiger partial charge in [0.1, 0.15) is 0 Å². The third kappa shape index (κ3) is 6.78. The highest BCUT2D eigenvalue weighted by molar-refractivity contribution is 7.98. The zero-order valence-corrected chi connectivity index (χ0v) is 9.05. The Morgan fingerprint density at radius 3 is 2.73 bits per heavy atom. The summed E-state index contributed by atoms with van der Waals surface area (Å²) in [5.74, 6) is 1.99. The van der Waals surface area contributed by atoms with E-state index in [1.54, 1.807) is 0 Å². The van der Waals surface area contributed by atoms with E-state index in [0.717, 1.165) is 18.8 Å². The fourth-order valence-corrected chi connectivity index (χ4v) is 1.35. The summed E-state index contributed by atoms with van der Waals surface area (Å²) in [4.78, 5) is 2.27. The molecule has 0 aliphatic carbocycles. The van der Waals surface area contributed by atoms with E-state index in [1.165, 1.54) is 11.3 Å². The van der Waals surface area contributed by atoms with E-state index in [0.29, 0.717) is 0 Å². The fourth-order valence-electron chi connectivity index (χ4n) is 0.758. The van der Waals surface area contributed by atoms with Crippen LogP contribution in [0.2, 0.25) is 0 Å². The van der Waals surface area contributed by atoms with E-state index in [1.807, 2.05) is 11.8 Å². The first-order valence-corrected chi connectivity index (χ1v) is 5.68. The molecule has 0 heterocycles. The minimum Gasteiger partial charge on any atom is -0.302 e. The molecule has 0 aromatic heterocycles. The zero-order valence-electron chi connectivity index (χ0n) is 7.34. The summed E-state index contributed by atoms with van der Waals surface area (Å²) in [7, 11) is 2.12. The van der Waals surface area contributed by atoms with Crippen molar-refractivity contribution >= 4 is 24.4 Å². The molecule has 0 spiro atoms. The second-order valence-corrected chi connectivity index (χ2v) is 3.94. The number of likely N-dealkylation sites (N-methyl/N-ethyl adjacent to an activating group) is 1. The molecule has 0 aliphatic rings. The maximum atomic E-state index is 4.15. The molecule has 0 saturated carbocycles. The lowest BCUT2D eigenvalue weighted by atomic mass is 10.3. The molecular formula is C8H17NS2. The Morgan fingerprint density at radius 2 is 2.27 bits per heavy atom. The molecule has 0 radical (unpaired) electrons. The molecule has 0 amide bonds. The van der Waals surface area contributed by atoms with Crippen molar-refractivity contribution in [3.8, 4) is 0 Å². The van der Waals surface area contributed by atoms with Gasteiger partial charge in [-0.15, -0.1) is 0 Å². The summed E-state index contributed by atoms with van der Waals surface area (Å²) in [6.45, 7) is 6.01. The molecule has 0 fully saturated rings. The van der Waals surface area contributed by atoms with Crippen molar-refractivity contribution in [3.05, 3.63) is 12.2 Å². The molecule has 0 N–H and O–H groups in total. The van der Waals surface area contributed by atoms with E-state index in [9.17, 15) is 0 Å². The fraction of sp³-hybridized carbons (Fsp3) is 0.750. The Kier molecular flexibility index (Phi) is 7.33. The van der Waals surface area contributed by atoms with Gasteiger partial charge in [0, 0.05) is 24.6 Å². The van der Waals surface area contributed by atoms with Crippen molar-refractivity contribution in [2.45, 2.75) is 0 Å². The average Bonchev–Trinajstić information content (AvgIpc) is 2.00. The lowest BCUT2D eigenvalue weighted by molar-refractivity contribution is 0.388. The zero-order chi connectivity index (χ0) is 8.69. The van der Waals surface area contributed by atoms with Crippen molar-refractivity contribution in [1.29, 1.82) is 0 Å². The third-order valence-electron chi connectivity index (χ3n) is 1.39. The Labute approximate surface area is 79.6 Å². The van der Waals surface area contributed by atoms with E-state index in [4.69, 9.17) is 0 Å². The number of rotatable bonds is 6. The van der Waals surface area contributed by atoms with Gasteiger partial charge in [-0.05, 0) is 13.3 Å². The quantitative estimate of drug-likeness (QED) is 0.503. The molecule has 0 rings (SSSR count). The number of thioether (sulfide) groups is 1. The first-order chi connectivity index (χ1) is 5.20. The molecule has 0 aliphatic heterocycles. The van der Waals surface area contributed by atoms with Gasteiger partial charge in [-0.3, -0.25) is 0 Å². The topological polar surface area (TPSA) is 3.24 Å². The molecule has 0 unspecified atom stereocenters. The lowest BCUT2D eigenvalue weighted by Crippen LogP contribution is -2.23. The van der Waals surface area contributed by atoms with Crippen LogP contribution < -0.4 is 0 Å². The van der Waals surface area contributed by atoms with Gasteiger partial charge in [-0.1, -0.05) is 12.2 Å². The molecule has 3 heteroatoms. The highest BCUT2D eigenvalue weighted by atomic mass is 32.2.